The lowest BCUT2D eigenvalue weighted by Gasteiger charge is -2.21. The molecule has 0 aliphatic heterocycles. The van der Waals surface area contributed by atoms with E-state index in [-0.39, 0.29) is 0 Å². The van der Waals surface area contributed by atoms with Crippen LogP contribution in [-0.2, 0) is 0 Å². The molecule has 0 spiro atoms. The largest absolute Gasteiger partial charge is 0.309 e. The molecule has 0 bridgehead atoms. The molecule has 0 aliphatic rings. The van der Waals surface area contributed by atoms with Crippen molar-refractivity contribution in [2.75, 3.05) is 0 Å². The Morgan fingerprint density at radius 2 is 0.744 bits per heavy atom. The summed E-state index contributed by atoms with van der Waals surface area (Å²) >= 11 is 0. The Bertz CT molecular complexity index is 5090. The molecule has 0 aliphatic carbocycles. The third-order valence-corrected chi connectivity index (χ3v) is 15.9. The van der Waals surface area contributed by atoms with Crippen LogP contribution in [0, 0.1) is 0 Å². The number of fused-ring (bicyclic) bond motifs is 11. The molecule has 3 aromatic heterocycles. The molecule has 0 radical (unpaired) electrons. The van der Waals surface area contributed by atoms with E-state index in [2.05, 4.69) is 282 Å². The number of hydrogen-bond acceptors (Lipinski definition) is 3. The normalized spacial score (nSPS) is 11.8. The van der Waals surface area contributed by atoms with Crippen molar-refractivity contribution in [1.29, 1.82) is 0 Å². The summed E-state index contributed by atoms with van der Waals surface area (Å²) in [5.41, 5.74) is 13.6. The molecule has 0 atom stereocenters. The number of rotatable bonds is 7. The van der Waals surface area contributed by atoms with E-state index in [0.29, 0.717) is 17.5 Å². The van der Waals surface area contributed by atoms with Gasteiger partial charge in [0.05, 0.1) is 27.8 Å². The van der Waals surface area contributed by atoms with Crippen LogP contribution in [0.4, 0.5) is 0 Å². The van der Waals surface area contributed by atoms with Gasteiger partial charge in [0.2, 0.25) is 0 Å². The summed E-state index contributed by atoms with van der Waals surface area (Å²) < 4.78 is 4.88. The van der Waals surface area contributed by atoms with Crippen LogP contribution in [-0.4, -0.2) is 24.1 Å². The van der Waals surface area contributed by atoms with Crippen LogP contribution in [0.5, 0.6) is 0 Å². The smallest absolute Gasteiger partial charge is 0.164 e. The molecule has 3 heterocycles. The maximum atomic E-state index is 5.64. The van der Waals surface area contributed by atoms with Gasteiger partial charge in [0.25, 0.3) is 0 Å². The fourth-order valence-corrected chi connectivity index (χ4v) is 12.3. The predicted molar refractivity (Wildman–Crippen MR) is 326 cm³/mol. The zero-order chi connectivity index (χ0) is 51.3. The molecule has 0 amide bonds. The molecule has 362 valence electrons. The zero-order valence-electron chi connectivity index (χ0n) is 42.2. The zero-order valence-corrected chi connectivity index (χ0v) is 42.2. The van der Waals surface area contributed by atoms with E-state index in [4.69, 9.17) is 15.0 Å². The number of aromatic nitrogens is 5. The van der Waals surface area contributed by atoms with Crippen molar-refractivity contribution in [2.45, 2.75) is 0 Å². The van der Waals surface area contributed by atoms with Crippen LogP contribution in [0.3, 0.4) is 0 Å². The van der Waals surface area contributed by atoms with Gasteiger partial charge >= 0.3 is 0 Å². The molecule has 0 N–H and O–H groups in total. The average molecular weight is 992 g/mol. The van der Waals surface area contributed by atoms with Crippen LogP contribution >= 0.6 is 0 Å². The van der Waals surface area contributed by atoms with Crippen molar-refractivity contribution in [1.82, 2.24) is 24.1 Å². The predicted octanol–water partition coefficient (Wildman–Crippen LogP) is 19.0. The maximum absolute atomic E-state index is 5.64. The van der Waals surface area contributed by atoms with Gasteiger partial charge in [-0.05, 0) is 121 Å². The topological polar surface area (TPSA) is 48.5 Å². The van der Waals surface area contributed by atoms with Gasteiger partial charge in [-0.25, -0.2) is 15.0 Å². The van der Waals surface area contributed by atoms with E-state index in [9.17, 15) is 0 Å². The first-order valence-electron chi connectivity index (χ1n) is 26.6. The SMILES string of the molecule is c1ccc(-c2cc(-c3nc(-c4ccc5ccccc5c4)nc(-c4cccc5c4c4ccccc4n5-c4ccccc4)n3)cc(-c3ccc4ccccc4c3)c2-n2c3cc4ccccc4cc3c3c4ccccc4ccc32)cc1. The van der Waals surface area contributed by atoms with Gasteiger partial charge in [-0.15, -0.1) is 0 Å². The van der Waals surface area contributed by atoms with Crippen molar-refractivity contribution in [3.63, 3.8) is 0 Å². The summed E-state index contributed by atoms with van der Waals surface area (Å²) in [4.78, 5) is 16.7. The fourth-order valence-electron chi connectivity index (χ4n) is 12.3. The second-order valence-corrected chi connectivity index (χ2v) is 20.3. The Hall–Kier alpha value is -10.5. The lowest BCUT2D eigenvalue weighted by atomic mass is 9.91. The first-order chi connectivity index (χ1) is 38.7. The van der Waals surface area contributed by atoms with Gasteiger partial charge in [0.15, 0.2) is 17.5 Å². The van der Waals surface area contributed by atoms with Crippen molar-refractivity contribution >= 4 is 86.7 Å². The minimum absolute atomic E-state index is 0.580. The van der Waals surface area contributed by atoms with Gasteiger partial charge in [-0.1, -0.05) is 206 Å². The molecule has 78 heavy (non-hydrogen) atoms. The van der Waals surface area contributed by atoms with Gasteiger partial charge in [-0.2, -0.15) is 0 Å². The average Bonchev–Trinajstić information content (AvgIpc) is 4.12. The second-order valence-electron chi connectivity index (χ2n) is 20.3. The molecular weight excluding hydrogens is 947 g/mol. The molecule has 16 aromatic rings. The van der Waals surface area contributed by atoms with E-state index in [0.717, 1.165) is 99.3 Å². The summed E-state index contributed by atoms with van der Waals surface area (Å²) in [6.45, 7) is 0. The summed E-state index contributed by atoms with van der Waals surface area (Å²) in [7, 11) is 0. The molecule has 0 saturated carbocycles. The summed E-state index contributed by atoms with van der Waals surface area (Å²) in [6.07, 6.45) is 0. The Kier molecular flexibility index (Phi) is 9.87. The van der Waals surface area contributed by atoms with E-state index in [1.54, 1.807) is 0 Å². The molecular formula is C73H45N5. The monoisotopic (exact) mass is 991 g/mol. The van der Waals surface area contributed by atoms with Crippen LogP contribution < -0.4 is 0 Å². The van der Waals surface area contributed by atoms with Gasteiger partial charge in [0.1, 0.15) is 0 Å². The first-order valence-corrected chi connectivity index (χ1v) is 26.6. The summed E-state index contributed by atoms with van der Waals surface area (Å²) in [5.74, 6) is 1.78. The third-order valence-electron chi connectivity index (χ3n) is 15.9. The quantitative estimate of drug-likeness (QED) is 0.160. The van der Waals surface area contributed by atoms with Gasteiger partial charge < -0.3 is 9.13 Å². The van der Waals surface area contributed by atoms with Crippen LogP contribution in [0.15, 0.2) is 273 Å². The van der Waals surface area contributed by atoms with Gasteiger partial charge in [0, 0.05) is 55.0 Å². The highest BCUT2D eigenvalue weighted by Crippen LogP contribution is 2.47. The summed E-state index contributed by atoms with van der Waals surface area (Å²) in [5, 5.41) is 14.1. The standard InChI is InChI=1S/C73H45N5/c1-3-20-48(21-4-1)61-43-56(44-62(54-36-34-46-18-7-9-23-50(46)40-54)70(61)78-66-39-38-49-22-13-14-29-58(49)68(66)63-42-52-25-11-12-26-53(52)45-67(63)78)72-74-71(55-37-35-47-19-8-10-24-51(47)41-55)75-73(76-72)60-31-17-33-65-69(60)59-30-15-16-32-64(59)77(65)57-27-5-2-6-28-57/h1-45H. The second kappa shape index (κ2) is 17.6. The van der Waals surface area contributed by atoms with Crippen molar-refractivity contribution < 1.29 is 0 Å². The highest BCUT2D eigenvalue weighted by molar-refractivity contribution is 6.24. The van der Waals surface area contributed by atoms with Crippen LogP contribution in [0.1, 0.15) is 0 Å². The highest BCUT2D eigenvalue weighted by Gasteiger charge is 2.26. The highest BCUT2D eigenvalue weighted by atomic mass is 15.0. The Morgan fingerprint density at radius 1 is 0.231 bits per heavy atom. The van der Waals surface area contributed by atoms with Crippen molar-refractivity contribution in [2.24, 2.45) is 0 Å². The Labute approximate surface area is 449 Å². The molecule has 0 unspecified atom stereocenters. The van der Waals surface area contributed by atoms with E-state index in [1.165, 1.54) is 37.7 Å². The maximum Gasteiger partial charge on any atom is 0.164 e. The van der Waals surface area contributed by atoms with Crippen molar-refractivity contribution in [3.8, 4) is 67.8 Å². The minimum Gasteiger partial charge on any atom is -0.309 e. The van der Waals surface area contributed by atoms with Crippen LogP contribution in [0.25, 0.3) is 154 Å². The third kappa shape index (κ3) is 6.99. The minimum atomic E-state index is 0.580. The Balaban J connectivity index is 1.03. The molecule has 0 fully saturated rings. The van der Waals surface area contributed by atoms with E-state index >= 15 is 0 Å². The van der Waals surface area contributed by atoms with Crippen LogP contribution in [0.2, 0.25) is 0 Å². The molecule has 5 heteroatoms. The first kappa shape index (κ1) is 43.9. The number of nitrogens with zero attached hydrogens (tertiary/aromatic N) is 5. The molecule has 13 aromatic carbocycles. The van der Waals surface area contributed by atoms with Gasteiger partial charge in [-0.3, -0.25) is 0 Å². The Morgan fingerprint density at radius 3 is 1.47 bits per heavy atom. The number of hydrogen-bond donors (Lipinski definition) is 0. The molecule has 16 rings (SSSR count). The number of benzene rings is 13. The lowest BCUT2D eigenvalue weighted by molar-refractivity contribution is 1.08. The fraction of sp³-hybridized carbons (Fsp3) is 0. The van der Waals surface area contributed by atoms with E-state index < -0.39 is 0 Å². The number of para-hydroxylation sites is 2. The molecule has 0 saturated heterocycles. The lowest BCUT2D eigenvalue weighted by Crippen LogP contribution is -2.04. The summed E-state index contributed by atoms with van der Waals surface area (Å²) in [6, 6.07) is 98.6. The van der Waals surface area contributed by atoms with E-state index in [1.807, 2.05) is 0 Å². The van der Waals surface area contributed by atoms with Crippen molar-refractivity contribution in [3.05, 3.63) is 273 Å². The molecule has 5 nitrogen and oxygen atoms in total.